The van der Waals surface area contributed by atoms with Gasteiger partial charge in [-0.15, -0.1) is 0 Å². The lowest BCUT2D eigenvalue weighted by atomic mass is 9.75. The Hall–Kier alpha value is -0.670. The summed E-state index contributed by atoms with van der Waals surface area (Å²) in [4.78, 5) is 4.79. The molecule has 0 aromatic heterocycles. The highest BCUT2D eigenvalue weighted by molar-refractivity contribution is 8.14. The molecule has 20 heavy (non-hydrogen) atoms. The van der Waals surface area contributed by atoms with E-state index in [2.05, 4.69) is 18.3 Å². The van der Waals surface area contributed by atoms with Gasteiger partial charge < -0.3 is 5.32 Å². The van der Waals surface area contributed by atoms with Crippen LogP contribution in [0.3, 0.4) is 0 Å². The zero-order chi connectivity index (χ0) is 14.0. The van der Waals surface area contributed by atoms with Gasteiger partial charge in [-0.25, -0.2) is 0 Å². The van der Waals surface area contributed by atoms with Crippen LogP contribution in [0.5, 0.6) is 0 Å². The predicted molar refractivity (Wildman–Crippen MR) is 90.1 cm³/mol. The summed E-state index contributed by atoms with van der Waals surface area (Å²) in [6.45, 7) is 3.05. The first-order valence-corrected chi connectivity index (χ1v) is 8.74. The van der Waals surface area contributed by atoms with Gasteiger partial charge in [-0.2, -0.15) is 0 Å². The number of amidine groups is 1. The minimum atomic E-state index is 0.476. The summed E-state index contributed by atoms with van der Waals surface area (Å²) in [5.74, 6) is 1.20. The lowest BCUT2D eigenvalue weighted by Gasteiger charge is -2.38. The monoisotopic (exact) mass is 308 g/mol. The summed E-state index contributed by atoms with van der Waals surface area (Å²) < 4.78 is 0. The van der Waals surface area contributed by atoms with Crippen molar-refractivity contribution in [2.24, 2.45) is 10.4 Å². The van der Waals surface area contributed by atoms with E-state index in [4.69, 9.17) is 16.6 Å². The second-order valence-electron chi connectivity index (χ2n) is 6.03. The number of anilines is 1. The number of hydrogen-bond acceptors (Lipinski definition) is 3. The number of nitrogens with one attached hydrogen (secondary N) is 1. The van der Waals surface area contributed by atoms with Crippen molar-refractivity contribution < 1.29 is 0 Å². The highest BCUT2D eigenvalue weighted by Crippen LogP contribution is 2.42. The Bertz CT molecular complexity index is 501. The number of nitrogens with zero attached hydrogens (tertiary/aromatic N) is 1. The van der Waals surface area contributed by atoms with Crippen LogP contribution in [-0.2, 0) is 0 Å². The maximum absolute atomic E-state index is 6.26. The quantitative estimate of drug-likeness (QED) is 0.779. The molecule has 1 aromatic carbocycles. The van der Waals surface area contributed by atoms with E-state index in [1.54, 1.807) is 0 Å². The van der Waals surface area contributed by atoms with Crippen LogP contribution in [0.25, 0.3) is 0 Å². The van der Waals surface area contributed by atoms with E-state index in [1.165, 1.54) is 43.4 Å². The van der Waals surface area contributed by atoms with Gasteiger partial charge in [0.2, 0.25) is 0 Å². The normalized spacial score (nSPS) is 21.6. The molecule has 0 atom stereocenters. The minimum absolute atomic E-state index is 0.476. The van der Waals surface area contributed by atoms with Gasteiger partial charge in [0.05, 0.1) is 10.7 Å². The molecule has 1 heterocycles. The lowest BCUT2D eigenvalue weighted by molar-refractivity contribution is 0.232. The predicted octanol–water partition coefficient (Wildman–Crippen LogP) is 5.11. The second kappa shape index (κ2) is 5.98. The maximum atomic E-state index is 6.26. The molecule has 0 amide bonds. The molecule has 1 spiro atoms. The van der Waals surface area contributed by atoms with Crippen LogP contribution in [0.2, 0.25) is 5.02 Å². The molecule has 1 N–H and O–H groups in total. The van der Waals surface area contributed by atoms with E-state index in [0.717, 1.165) is 22.4 Å². The molecular formula is C16H21ClN2S. The summed E-state index contributed by atoms with van der Waals surface area (Å²) in [6.07, 6.45) is 6.86. The third-order valence-electron chi connectivity index (χ3n) is 4.44. The first-order valence-electron chi connectivity index (χ1n) is 7.38. The molecule has 0 saturated heterocycles. The van der Waals surface area contributed by atoms with Crippen LogP contribution >= 0.6 is 23.4 Å². The SMILES string of the molecule is Cc1cccc(Cl)c1NC1=NCC2(CCCCC2)CS1. The lowest BCUT2D eigenvalue weighted by Crippen LogP contribution is -2.35. The number of hydrogen-bond donors (Lipinski definition) is 1. The average molecular weight is 309 g/mol. The Labute approximate surface area is 130 Å². The Balaban J connectivity index is 1.71. The first-order chi connectivity index (χ1) is 9.69. The zero-order valence-corrected chi connectivity index (χ0v) is 13.5. The Kier molecular flexibility index (Phi) is 4.27. The molecule has 2 aliphatic rings. The number of aryl methyl sites for hydroxylation is 1. The molecule has 0 bridgehead atoms. The number of rotatable bonds is 1. The molecule has 1 aliphatic carbocycles. The second-order valence-corrected chi connectivity index (χ2v) is 7.40. The number of benzene rings is 1. The van der Waals surface area contributed by atoms with Crippen LogP contribution < -0.4 is 5.32 Å². The van der Waals surface area contributed by atoms with Gasteiger partial charge in [-0.05, 0) is 36.8 Å². The number of halogens is 1. The summed E-state index contributed by atoms with van der Waals surface area (Å²) >= 11 is 8.13. The smallest absolute Gasteiger partial charge is 0.161 e. The van der Waals surface area contributed by atoms with Crippen LogP contribution in [0, 0.1) is 12.3 Å². The van der Waals surface area contributed by atoms with E-state index in [9.17, 15) is 0 Å². The van der Waals surface area contributed by atoms with E-state index < -0.39 is 0 Å². The standard InChI is InChI=1S/C16H21ClN2S/c1-12-6-5-7-13(17)14(12)19-15-18-10-16(11-20-15)8-3-2-4-9-16/h5-7H,2-4,8-11H2,1H3,(H,18,19). The van der Waals surface area contributed by atoms with E-state index in [0.29, 0.717) is 5.41 Å². The number of aliphatic imine (C=N–C) groups is 1. The minimum Gasteiger partial charge on any atom is -0.334 e. The van der Waals surface area contributed by atoms with Gasteiger partial charge in [0.1, 0.15) is 0 Å². The molecule has 4 heteroatoms. The summed E-state index contributed by atoms with van der Waals surface area (Å²) in [5.41, 5.74) is 2.64. The molecule has 0 radical (unpaired) electrons. The third kappa shape index (κ3) is 2.99. The molecule has 1 saturated carbocycles. The fourth-order valence-corrected chi connectivity index (χ4v) is 4.55. The molecule has 1 aromatic rings. The summed E-state index contributed by atoms with van der Waals surface area (Å²) in [6, 6.07) is 5.98. The topological polar surface area (TPSA) is 24.4 Å². The first kappa shape index (κ1) is 14.3. The molecule has 0 unspecified atom stereocenters. The van der Waals surface area contributed by atoms with Gasteiger partial charge >= 0.3 is 0 Å². The molecule has 1 aliphatic heterocycles. The van der Waals surface area contributed by atoms with Gasteiger partial charge in [0, 0.05) is 12.3 Å². The molecular weight excluding hydrogens is 288 g/mol. The highest BCUT2D eigenvalue weighted by atomic mass is 35.5. The van der Waals surface area contributed by atoms with Crippen molar-refractivity contribution in [3.8, 4) is 0 Å². The van der Waals surface area contributed by atoms with Crippen LogP contribution in [0.4, 0.5) is 5.69 Å². The van der Waals surface area contributed by atoms with Gasteiger partial charge in [0.25, 0.3) is 0 Å². The van der Waals surface area contributed by atoms with E-state index in [-0.39, 0.29) is 0 Å². The van der Waals surface area contributed by atoms with Crippen molar-refractivity contribution in [3.05, 3.63) is 28.8 Å². The fraction of sp³-hybridized carbons (Fsp3) is 0.562. The van der Waals surface area contributed by atoms with Gasteiger partial charge in [0.15, 0.2) is 5.17 Å². The van der Waals surface area contributed by atoms with Crippen molar-refractivity contribution >= 4 is 34.2 Å². The Morgan fingerprint density at radius 2 is 2.05 bits per heavy atom. The molecule has 108 valence electrons. The van der Waals surface area contributed by atoms with Crippen LogP contribution in [0.1, 0.15) is 37.7 Å². The zero-order valence-electron chi connectivity index (χ0n) is 11.9. The average Bonchev–Trinajstić information content (AvgIpc) is 2.46. The third-order valence-corrected chi connectivity index (χ3v) is 6.02. The van der Waals surface area contributed by atoms with Crippen molar-refractivity contribution in [3.63, 3.8) is 0 Å². The Morgan fingerprint density at radius 3 is 2.70 bits per heavy atom. The largest absolute Gasteiger partial charge is 0.334 e. The number of para-hydroxylation sites is 1. The highest BCUT2D eigenvalue weighted by Gasteiger charge is 2.34. The van der Waals surface area contributed by atoms with Crippen molar-refractivity contribution in [2.75, 3.05) is 17.6 Å². The number of thioether (sulfide) groups is 1. The summed E-state index contributed by atoms with van der Waals surface area (Å²) in [5, 5.41) is 5.22. The maximum Gasteiger partial charge on any atom is 0.161 e. The molecule has 3 rings (SSSR count). The Morgan fingerprint density at radius 1 is 1.25 bits per heavy atom. The van der Waals surface area contributed by atoms with Gasteiger partial charge in [-0.3, -0.25) is 4.99 Å². The van der Waals surface area contributed by atoms with Crippen molar-refractivity contribution in [2.45, 2.75) is 39.0 Å². The molecule has 2 nitrogen and oxygen atoms in total. The molecule has 1 fully saturated rings. The van der Waals surface area contributed by atoms with Crippen LogP contribution in [0.15, 0.2) is 23.2 Å². The van der Waals surface area contributed by atoms with Gasteiger partial charge in [-0.1, -0.05) is 54.8 Å². The van der Waals surface area contributed by atoms with E-state index >= 15 is 0 Å². The van der Waals surface area contributed by atoms with E-state index in [1.807, 2.05) is 23.9 Å². The summed E-state index contributed by atoms with van der Waals surface area (Å²) in [7, 11) is 0. The van der Waals surface area contributed by atoms with Crippen molar-refractivity contribution in [1.82, 2.24) is 0 Å². The fourth-order valence-electron chi connectivity index (χ4n) is 3.13. The van der Waals surface area contributed by atoms with Crippen LogP contribution in [-0.4, -0.2) is 17.5 Å². The van der Waals surface area contributed by atoms with Crippen molar-refractivity contribution in [1.29, 1.82) is 0 Å².